The highest BCUT2D eigenvalue weighted by molar-refractivity contribution is 6.06. The summed E-state index contributed by atoms with van der Waals surface area (Å²) in [6, 6.07) is 14.9. The normalized spacial score (nSPS) is 15.6. The van der Waals surface area contributed by atoms with Crippen molar-refractivity contribution in [1.29, 1.82) is 0 Å². The van der Waals surface area contributed by atoms with Crippen molar-refractivity contribution in [2.75, 3.05) is 17.2 Å². The molecular formula is C24H26N4O3. The van der Waals surface area contributed by atoms with Gasteiger partial charge in [-0.2, -0.15) is 5.10 Å². The van der Waals surface area contributed by atoms with Gasteiger partial charge >= 0.3 is 0 Å². The number of ether oxygens (including phenoxy) is 1. The molecule has 7 nitrogen and oxygen atoms in total. The molecule has 1 atom stereocenters. The molecule has 2 N–H and O–H groups in total. The third kappa shape index (κ3) is 4.51. The zero-order chi connectivity index (χ0) is 22.0. The second-order valence-corrected chi connectivity index (χ2v) is 7.82. The molecule has 2 heterocycles. The fourth-order valence-corrected chi connectivity index (χ4v) is 3.69. The van der Waals surface area contributed by atoms with Gasteiger partial charge in [0.05, 0.1) is 22.8 Å². The summed E-state index contributed by atoms with van der Waals surface area (Å²) < 4.78 is 7.24. The molecule has 7 heteroatoms. The number of aryl methyl sites for hydroxylation is 2. The molecule has 0 unspecified atom stereocenters. The molecule has 0 spiro atoms. The Morgan fingerprint density at radius 2 is 1.84 bits per heavy atom. The molecule has 1 saturated heterocycles. The van der Waals surface area contributed by atoms with Crippen molar-refractivity contribution in [2.45, 2.75) is 39.7 Å². The first-order valence-corrected chi connectivity index (χ1v) is 10.4. The van der Waals surface area contributed by atoms with E-state index in [1.807, 2.05) is 49.7 Å². The van der Waals surface area contributed by atoms with Gasteiger partial charge in [-0.1, -0.05) is 23.8 Å². The lowest BCUT2D eigenvalue weighted by Gasteiger charge is -2.12. The molecule has 1 aliphatic rings. The number of carbonyl (C=O) groups excluding carboxylic acids is 2. The molecule has 3 aromatic rings. The van der Waals surface area contributed by atoms with Crippen molar-refractivity contribution in [3.63, 3.8) is 0 Å². The third-order valence-electron chi connectivity index (χ3n) is 5.42. The predicted molar refractivity (Wildman–Crippen MR) is 120 cm³/mol. The summed E-state index contributed by atoms with van der Waals surface area (Å²) in [5.74, 6) is -0.441. The largest absolute Gasteiger partial charge is 0.368 e. The number of nitrogens with one attached hydrogen (secondary N) is 2. The van der Waals surface area contributed by atoms with Crippen LogP contribution in [0.3, 0.4) is 0 Å². The van der Waals surface area contributed by atoms with Crippen LogP contribution < -0.4 is 10.6 Å². The fourth-order valence-electron chi connectivity index (χ4n) is 3.69. The van der Waals surface area contributed by atoms with Gasteiger partial charge in [-0.25, -0.2) is 4.68 Å². The zero-order valence-corrected chi connectivity index (χ0v) is 17.9. The van der Waals surface area contributed by atoms with E-state index >= 15 is 0 Å². The number of aromatic nitrogens is 2. The maximum Gasteiger partial charge on any atom is 0.255 e. The minimum Gasteiger partial charge on any atom is -0.368 e. The summed E-state index contributed by atoms with van der Waals surface area (Å²) in [7, 11) is 0. The van der Waals surface area contributed by atoms with Gasteiger partial charge in [0.25, 0.3) is 11.8 Å². The standard InChI is InChI=1S/C24H26N4O3/c1-15-9-11-20(12-10-15)28-17(3)22(16(2)27-28)26-23(29)18-6-4-7-19(14-18)25-24(30)21-8-5-13-31-21/h4,6-7,9-12,14,21H,5,8,13H2,1-3H3,(H,25,30)(H,26,29)/t21-/m0/s1. The highest BCUT2D eigenvalue weighted by atomic mass is 16.5. The van der Waals surface area contributed by atoms with Crippen molar-refractivity contribution in [1.82, 2.24) is 9.78 Å². The quantitative estimate of drug-likeness (QED) is 0.651. The van der Waals surface area contributed by atoms with Crippen LogP contribution >= 0.6 is 0 Å². The molecule has 31 heavy (non-hydrogen) atoms. The van der Waals surface area contributed by atoms with E-state index in [9.17, 15) is 9.59 Å². The van der Waals surface area contributed by atoms with Crippen LogP contribution in [0.1, 0.15) is 40.2 Å². The molecule has 1 aliphatic heterocycles. The van der Waals surface area contributed by atoms with E-state index in [4.69, 9.17) is 4.74 Å². The zero-order valence-electron chi connectivity index (χ0n) is 17.9. The van der Waals surface area contributed by atoms with Crippen LogP contribution in [0.15, 0.2) is 48.5 Å². The van der Waals surface area contributed by atoms with E-state index < -0.39 is 6.10 Å². The number of hydrogen-bond donors (Lipinski definition) is 2. The van der Waals surface area contributed by atoms with Gasteiger partial charge in [0.2, 0.25) is 0 Å². The van der Waals surface area contributed by atoms with Gasteiger partial charge in [0, 0.05) is 17.9 Å². The Bertz CT molecular complexity index is 1110. The van der Waals surface area contributed by atoms with Crippen LogP contribution in [0, 0.1) is 20.8 Å². The van der Waals surface area contributed by atoms with Gasteiger partial charge in [0.1, 0.15) is 6.10 Å². The number of benzene rings is 2. The number of carbonyl (C=O) groups is 2. The second kappa shape index (κ2) is 8.73. The average Bonchev–Trinajstić information content (AvgIpc) is 3.39. The molecule has 1 aromatic heterocycles. The van der Waals surface area contributed by atoms with E-state index in [1.54, 1.807) is 24.3 Å². The minimum atomic E-state index is -0.421. The topological polar surface area (TPSA) is 85.3 Å². The Hall–Kier alpha value is -3.45. The van der Waals surface area contributed by atoms with Crippen molar-refractivity contribution in [3.8, 4) is 5.69 Å². The highest BCUT2D eigenvalue weighted by Crippen LogP contribution is 2.24. The average molecular weight is 418 g/mol. The molecule has 0 bridgehead atoms. The SMILES string of the molecule is Cc1ccc(-n2nc(C)c(NC(=O)c3cccc(NC(=O)[C@@H]4CCCO4)c3)c2C)cc1. The lowest BCUT2D eigenvalue weighted by molar-refractivity contribution is -0.124. The number of hydrogen-bond acceptors (Lipinski definition) is 4. The molecule has 0 aliphatic carbocycles. The lowest BCUT2D eigenvalue weighted by atomic mass is 10.1. The van der Waals surface area contributed by atoms with Crippen LogP contribution in [0.4, 0.5) is 11.4 Å². The van der Waals surface area contributed by atoms with Gasteiger partial charge in [-0.15, -0.1) is 0 Å². The summed E-state index contributed by atoms with van der Waals surface area (Å²) in [5.41, 5.74) is 5.38. The Labute approximate surface area is 181 Å². The van der Waals surface area contributed by atoms with Crippen LogP contribution in [0.25, 0.3) is 5.69 Å². The first kappa shape index (κ1) is 20.8. The van der Waals surface area contributed by atoms with Gasteiger partial charge in [-0.3, -0.25) is 9.59 Å². The predicted octanol–water partition coefficient (Wildman–Crippen LogP) is 4.17. The van der Waals surface area contributed by atoms with Gasteiger partial charge < -0.3 is 15.4 Å². The van der Waals surface area contributed by atoms with Crippen molar-refractivity contribution in [2.24, 2.45) is 0 Å². The molecule has 4 rings (SSSR count). The number of amides is 2. The monoisotopic (exact) mass is 418 g/mol. The number of rotatable bonds is 5. The van der Waals surface area contributed by atoms with Crippen LogP contribution in [-0.4, -0.2) is 34.3 Å². The van der Waals surface area contributed by atoms with Crippen LogP contribution in [0.5, 0.6) is 0 Å². The smallest absolute Gasteiger partial charge is 0.255 e. The van der Waals surface area contributed by atoms with Crippen LogP contribution in [0.2, 0.25) is 0 Å². The first-order chi connectivity index (χ1) is 14.9. The molecule has 0 radical (unpaired) electrons. The van der Waals surface area contributed by atoms with Gasteiger partial charge in [0.15, 0.2) is 0 Å². The maximum absolute atomic E-state index is 12.9. The molecule has 2 amide bonds. The number of nitrogens with zero attached hydrogens (tertiary/aromatic N) is 2. The van der Waals surface area contributed by atoms with Crippen LogP contribution in [-0.2, 0) is 9.53 Å². The Kier molecular flexibility index (Phi) is 5.86. The first-order valence-electron chi connectivity index (χ1n) is 10.4. The Morgan fingerprint density at radius 3 is 2.55 bits per heavy atom. The van der Waals surface area contributed by atoms with E-state index in [0.29, 0.717) is 23.5 Å². The molecule has 1 fully saturated rings. The molecule has 160 valence electrons. The molecule has 0 saturated carbocycles. The highest BCUT2D eigenvalue weighted by Gasteiger charge is 2.24. The van der Waals surface area contributed by atoms with Gasteiger partial charge in [-0.05, 0) is 63.9 Å². The summed E-state index contributed by atoms with van der Waals surface area (Å²) in [6.07, 6.45) is 1.18. The maximum atomic E-state index is 12.9. The fraction of sp³-hybridized carbons (Fsp3) is 0.292. The Morgan fingerprint density at radius 1 is 1.06 bits per heavy atom. The van der Waals surface area contributed by atoms with Crippen molar-refractivity contribution in [3.05, 3.63) is 71.0 Å². The second-order valence-electron chi connectivity index (χ2n) is 7.82. The summed E-state index contributed by atoms with van der Waals surface area (Å²) >= 11 is 0. The molecular weight excluding hydrogens is 392 g/mol. The minimum absolute atomic E-state index is 0.180. The van der Waals surface area contributed by atoms with Crippen molar-refractivity contribution < 1.29 is 14.3 Å². The van der Waals surface area contributed by atoms with E-state index in [0.717, 1.165) is 29.9 Å². The van der Waals surface area contributed by atoms with Crippen molar-refractivity contribution >= 4 is 23.2 Å². The van der Waals surface area contributed by atoms with E-state index in [-0.39, 0.29) is 11.8 Å². The third-order valence-corrected chi connectivity index (χ3v) is 5.42. The molecule has 2 aromatic carbocycles. The lowest BCUT2D eigenvalue weighted by Crippen LogP contribution is -2.27. The summed E-state index contributed by atoms with van der Waals surface area (Å²) in [6.45, 7) is 6.43. The Balaban J connectivity index is 1.51. The van der Waals surface area contributed by atoms with E-state index in [1.165, 1.54) is 5.56 Å². The summed E-state index contributed by atoms with van der Waals surface area (Å²) in [4.78, 5) is 25.2. The number of anilines is 2. The summed E-state index contributed by atoms with van der Waals surface area (Å²) in [5, 5.41) is 10.4. The van der Waals surface area contributed by atoms with E-state index in [2.05, 4.69) is 15.7 Å².